The Bertz CT molecular complexity index is 1550. The topological polar surface area (TPSA) is 62.7 Å². The Morgan fingerprint density at radius 3 is 2.91 bits per heavy atom. The number of H-pyrrole nitrogens is 1. The Hall–Kier alpha value is -3.29. The molecule has 0 fully saturated rings. The molecular formula is C27H25FN4OS. The molecule has 0 saturated heterocycles. The second-order valence-electron chi connectivity index (χ2n) is 8.96. The number of halogens is 1. The molecule has 0 amide bonds. The quantitative estimate of drug-likeness (QED) is 0.373. The van der Waals surface area contributed by atoms with Crippen LogP contribution in [0.1, 0.15) is 28.0 Å². The number of nitrogens with one attached hydrogen (secondary N) is 2. The number of rotatable bonds is 6. The standard InChI is InChI=1S/C27H25FN4OS/c28-22-7-3-1-5-18(22)15-32-16-31-26-25(27(32)33)21-10-9-19(13-24(21)34-26)29-12-11-17-14-30-23-8-4-2-6-20(17)23/h1-8,14,16,19,29-30H,9-13,15H2. The molecule has 172 valence electrons. The van der Waals surface area contributed by atoms with Gasteiger partial charge in [0.15, 0.2) is 0 Å². The van der Waals surface area contributed by atoms with Gasteiger partial charge in [0.2, 0.25) is 0 Å². The van der Waals surface area contributed by atoms with Crippen LogP contribution in [0.2, 0.25) is 0 Å². The number of nitrogens with zero attached hydrogens (tertiary/aromatic N) is 2. The van der Waals surface area contributed by atoms with Crippen molar-refractivity contribution in [2.45, 2.75) is 38.3 Å². The Balaban J connectivity index is 1.17. The third-order valence-electron chi connectivity index (χ3n) is 6.84. The van der Waals surface area contributed by atoms with E-state index in [1.54, 1.807) is 35.9 Å². The molecule has 1 unspecified atom stereocenters. The Morgan fingerprint density at radius 1 is 1.15 bits per heavy atom. The van der Waals surface area contributed by atoms with Crippen molar-refractivity contribution in [1.82, 2.24) is 19.9 Å². The van der Waals surface area contributed by atoms with Gasteiger partial charge in [0.05, 0.1) is 18.3 Å². The SMILES string of the molecule is O=c1c2c3c(sc2ncn1Cc1ccccc1F)CC(NCCc1c[nH]c2ccccc12)CC3. The largest absolute Gasteiger partial charge is 0.361 e. The molecule has 3 aromatic heterocycles. The van der Waals surface area contributed by atoms with Gasteiger partial charge in [0.1, 0.15) is 10.6 Å². The van der Waals surface area contributed by atoms with Crippen LogP contribution < -0.4 is 10.9 Å². The minimum absolute atomic E-state index is 0.0727. The summed E-state index contributed by atoms with van der Waals surface area (Å²) in [6, 6.07) is 15.4. The molecule has 7 heteroatoms. The summed E-state index contributed by atoms with van der Waals surface area (Å²) >= 11 is 1.63. The van der Waals surface area contributed by atoms with Crippen LogP contribution in [-0.2, 0) is 25.8 Å². The number of benzene rings is 2. The molecule has 1 aliphatic carbocycles. The maximum atomic E-state index is 14.1. The number of aryl methyl sites for hydroxylation is 1. The van der Waals surface area contributed by atoms with Crippen molar-refractivity contribution in [1.29, 1.82) is 0 Å². The molecule has 3 heterocycles. The highest BCUT2D eigenvalue weighted by Crippen LogP contribution is 2.33. The molecule has 5 nitrogen and oxygen atoms in total. The van der Waals surface area contributed by atoms with Gasteiger partial charge in [-0.1, -0.05) is 36.4 Å². The van der Waals surface area contributed by atoms with E-state index in [-0.39, 0.29) is 17.9 Å². The fourth-order valence-electron chi connectivity index (χ4n) is 5.05. The second-order valence-corrected chi connectivity index (χ2v) is 10.0. The number of hydrogen-bond donors (Lipinski definition) is 2. The van der Waals surface area contributed by atoms with Crippen LogP contribution in [0.25, 0.3) is 21.1 Å². The molecule has 1 atom stereocenters. The molecule has 1 aliphatic rings. The van der Waals surface area contributed by atoms with Crippen molar-refractivity contribution in [3.8, 4) is 0 Å². The minimum atomic E-state index is -0.302. The van der Waals surface area contributed by atoms with E-state index in [2.05, 4.69) is 45.7 Å². The van der Waals surface area contributed by atoms with Crippen LogP contribution in [0.4, 0.5) is 4.39 Å². The van der Waals surface area contributed by atoms with Gasteiger partial charge >= 0.3 is 0 Å². The van der Waals surface area contributed by atoms with Crippen molar-refractivity contribution in [3.05, 3.63) is 98.8 Å². The van der Waals surface area contributed by atoms with Gasteiger partial charge in [-0.3, -0.25) is 9.36 Å². The fraction of sp³-hybridized carbons (Fsp3) is 0.259. The van der Waals surface area contributed by atoms with Gasteiger partial charge in [0, 0.05) is 33.6 Å². The van der Waals surface area contributed by atoms with E-state index >= 15 is 0 Å². The average molecular weight is 473 g/mol. The lowest BCUT2D eigenvalue weighted by molar-refractivity contribution is 0.467. The lowest BCUT2D eigenvalue weighted by atomic mass is 9.93. The van der Waals surface area contributed by atoms with Gasteiger partial charge in [-0.2, -0.15) is 0 Å². The molecular weight excluding hydrogens is 447 g/mol. The first-order valence-corrected chi connectivity index (χ1v) is 12.5. The number of aromatic amines is 1. The predicted octanol–water partition coefficient (Wildman–Crippen LogP) is 4.82. The molecule has 0 spiro atoms. The minimum Gasteiger partial charge on any atom is -0.361 e. The third-order valence-corrected chi connectivity index (χ3v) is 8.00. The van der Waals surface area contributed by atoms with E-state index in [0.29, 0.717) is 11.6 Å². The van der Waals surface area contributed by atoms with E-state index < -0.39 is 0 Å². The van der Waals surface area contributed by atoms with E-state index in [4.69, 9.17) is 0 Å². The van der Waals surface area contributed by atoms with E-state index in [1.165, 1.54) is 32.0 Å². The number of fused-ring (bicyclic) bond motifs is 4. The molecule has 0 aliphatic heterocycles. The maximum absolute atomic E-state index is 14.1. The lowest BCUT2D eigenvalue weighted by Gasteiger charge is -2.23. The first kappa shape index (κ1) is 21.3. The molecule has 6 rings (SSSR count). The average Bonchev–Trinajstić information content (AvgIpc) is 3.43. The normalized spacial score (nSPS) is 15.7. The summed E-state index contributed by atoms with van der Waals surface area (Å²) in [7, 11) is 0. The summed E-state index contributed by atoms with van der Waals surface area (Å²) in [5.74, 6) is -0.302. The summed E-state index contributed by atoms with van der Waals surface area (Å²) in [6.45, 7) is 1.11. The van der Waals surface area contributed by atoms with Gasteiger partial charge < -0.3 is 10.3 Å². The van der Waals surface area contributed by atoms with Crippen molar-refractivity contribution in [3.63, 3.8) is 0 Å². The number of thiophene rings is 1. The second kappa shape index (κ2) is 8.81. The van der Waals surface area contributed by atoms with Crippen LogP contribution in [0.15, 0.2) is 65.8 Å². The number of para-hydroxylation sites is 1. The van der Waals surface area contributed by atoms with E-state index in [0.717, 1.165) is 48.0 Å². The summed E-state index contributed by atoms with van der Waals surface area (Å²) in [6.07, 6.45) is 7.40. The smallest absolute Gasteiger partial charge is 0.262 e. The zero-order chi connectivity index (χ0) is 23.1. The van der Waals surface area contributed by atoms with Gasteiger partial charge in [-0.05, 0) is 55.5 Å². The molecule has 0 radical (unpaired) electrons. The van der Waals surface area contributed by atoms with Crippen LogP contribution in [0.5, 0.6) is 0 Å². The van der Waals surface area contributed by atoms with Crippen molar-refractivity contribution < 1.29 is 4.39 Å². The van der Waals surface area contributed by atoms with E-state index in [1.807, 2.05) is 0 Å². The Morgan fingerprint density at radius 2 is 2.00 bits per heavy atom. The summed E-state index contributed by atoms with van der Waals surface area (Å²) in [5.41, 5.74) is 4.07. The van der Waals surface area contributed by atoms with Crippen molar-refractivity contribution >= 4 is 32.5 Å². The predicted molar refractivity (Wildman–Crippen MR) is 135 cm³/mol. The lowest BCUT2D eigenvalue weighted by Crippen LogP contribution is -2.35. The monoisotopic (exact) mass is 472 g/mol. The summed E-state index contributed by atoms with van der Waals surface area (Å²) in [5, 5.41) is 5.73. The van der Waals surface area contributed by atoms with Gasteiger partial charge in [-0.25, -0.2) is 9.37 Å². The first-order chi connectivity index (χ1) is 16.7. The van der Waals surface area contributed by atoms with Gasteiger partial charge in [0.25, 0.3) is 5.56 Å². The maximum Gasteiger partial charge on any atom is 0.262 e. The zero-order valence-corrected chi connectivity index (χ0v) is 19.5. The van der Waals surface area contributed by atoms with Crippen molar-refractivity contribution in [2.75, 3.05) is 6.54 Å². The highest BCUT2D eigenvalue weighted by molar-refractivity contribution is 7.18. The first-order valence-electron chi connectivity index (χ1n) is 11.7. The third kappa shape index (κ3) is 3.85. The molecule has 5 aromatic rings. The highest BCUT2D eigenvalue weighted by Gasteiger charge is 2.25. The van der Waals surface area contributed by atoms with Gasteiger partial charge in [-0.15, -0.1) is 11.3 Å². The highest BCUT2D eigenvalue weighted by atomic mass is 32.1. The van der Waals surface area contributed by atoms with Crippen molar-refractivity contribution in [2.24, 2.45) is 0 Å². The fourth-order valence-corrected chi connectivity index (χ4v) is 6.31. The van der Waals surface area contributed by atoms with Crippen LogP contribution in [0, 0.1) is 5.82 Å². The van der Waals surface area contributed by atoms with Crippen LogP contribution >= 0.6 is 11.3 Å². The van der Waals surface area contributed by atoms with Crippen LogP contribution in [0.3, 0.4) is 0 Å². The Kier molecular flexibility index (Phi) is 5.51. The molecule has 34 heavy (non-hydrogen) atoms. The van der Waals surface area contributed by atoms with E-state index in [9.17, 15) is 9.18 Å². The molecule has 0 bridgehead atoms. The van der Waals surface area contributed by atoms with Crippen LogP contribution in [-0.4, -0.2) is 27.1 Å². The molecule has 2 N–H and O–H groups in total. The summed E-state index contributed by atoms with van der Waals surface area (Å²) in [4.78, 5) is 23.2. The Labute approximate surface area is 200 Å². The summed E-state index contributed by atoms with van der Waals surface area (Å²) < 4.78 is 15.6. The number of hydrogen-bond acceptors (Lipinski definition) is 4. The molecule has 0 saturated carbocycles. The molecule has 2 aromatic carbocycles. The zero-order valence-electron chi connectivity index (χ0n) is 18.7. The number of aromatic nitrogens is 3.